The first-order chi connectivity index (χ1) is 13.1. The summed E-state index contributed by atoms with van der Waals surface area (Å²) in [5, 5.41) is 3.00. The molecule has 2 aromatic rings. The minimum atomic E-state index is -1.43. The van der Waals surface area contributed by atoms with Gasteiger partial charge in [0.15, 0.2) is 0 Å². The first-order valence-corrected chi connectivity index (χ1v) is 18.6. The van der Waals surface area contributed by atoms with E-state index in [9.17, 15) is 0 Å². The Labute approximate surface area is 175 Å². The molecular weight excluding hydrogens is 395 g/mol. The van der Waals surface area contributed by atoms with Gasteiger partial charge in [0.1, 0.15) is 0 Å². The number of ether oxygens (including phenoxy) is 2. The molecule has 0 saturated heterocycles. The standard InChI is InChI=1S/C23H37O2PSi2/c1-24-17-19-13-9-11-15-21(19)26(23(27(3,4)5)28(6,7)8)22-16-12-10-14-20(22)18-25-2/h9-16,23H,17-18H2,1-8H3. The third-order valence-electron chi connectivity index (χ3n) is 5.00. The van der Waals surface area contributed by atoms with E-state index < -0.39 is 24.1 Å². The van der Waals surface area contributed by atoms with E-state index in [0.717, 1.165) is 4.91 Å². The number of hydrogen-bond donors (Lipinski definition) is 0. The van der Waals surface area contributed by atoms with Crippen LogP contribution in [0, 0.1) is 0 Å². The first kappa shape index (κ1) is 23.5. The third-order valence-corrected chi connectivity index (χ3v) is 22.1. The van der Waals surface area contributed by atoms with Gasteiger partial charge in [0.05, 0.1) is 13.2 Å². The fraction of sp³-hybridized carbons (Fsp3) is 0.478. The summed E-state index contributed by atoms with van der Waals surface area (Å²) < 4.78 is 11.2. The average molecular weight is 433 g/mol. The van der Waals surface area contributed by atoms with Gasteiger partial charge in [-0.25, -0.2) is 0 Å². The minimum Gasteiger partial charge on any atom is -0.380 e. The highest BCUT2D eigenvalue weighted by atomic mass is 31.1. The van der Waals surface area contributed by atoms with E-state index in [0.29, 0.717) is 13.2 Å². The molecule has 28 heavy (non-hydrogen) atoms. The van der Waals surface area contributed by atoms with Gasteiger partial charge in [0.25, 0.3) is 0 Å². The van der Waals surface area contributed by atoms with Crippen molar-refractivity contribution in [2.45, 2.75) is 57.4 Å². The van der Waals surface area contributed by atoms with Crippen molar-refractivity contribution in [2.24, 2.45) is 0 Å². The maximum Gasteiger partial charge on any atom is 0.0719 e. The topological polar surface area (TPSA) is 18.5 Å². The SMILES string of the molecule is COCc1ccccc1P(c1ccccc1COC)C([Si](C)(C)C)[Si](C)(C)C. The van der Waals surface area contributed by atoms with Crippen LogP contribution in [0.4, 0.5) is 0 Å². The summed E-state index contributed by atoms with van der Waals surface area (Å²) in [5.74, 6) is 0. The summed E-state index contributed by atoms with van der Waals surface area (Å²) in [6.45, 7) is 16.7. The molecule has 0 aliphatic rings. The lowest BCUT2D eigenvalue weighted by molar-refractivity contribution is 0.185. The first-order valence-electron chi connectivity index (χ1n) is 10.0. The lowest BCUT2D eigenvalue weighted by Gasteiger charge is -2.45. The molecule has 0 bridgehead atoms. The van der Waals surface area contributed by atoms with E-state index in [-0.39, 0.29) is 0 Å². The second kappa shape index (κ2) is 9.82. The van der Waals surface area contributed by atoms with Crippen LogP contribution < -0.4 is 10.6 Å². The van der Waals surface area contributed by atoms with Crippen LogP contribution in [0.3, 0.4) is 0 Å². The Kier molecular flexibility index (Phi) is 8.24. The van der Waals surface area contributed by atoms with Crippen LogP contribution in [-0.4, -0.2) is 35.3 Å². The summed E-state index contributed by atoms with van der Waals surface area (Å²) in [4.78, 5) is 0.769. The van der Waals surface area contributed by atoms with Crippen LogP contribution in [0.2, 0.25) is 39.3 Å². The largest absolute Gasteiger partial charge is 0.380 e. The maximum atomic E-state index is 5.59. The van der Waals surface area contributed by atoms with Gasteiger partial charge in [-0.05, 0) is 34.6 Å². The van der Waals surface area contributed by atoms with Crippen LogP contribution in [0.25, 0.3) is 0 Å². The molecule has 0 aromatic heterocycles. The predicted octanol–water partition coefficient (Wildman–Crippen LogP) is 5.54. The van der Waals surface area contributed by atoms with Crippen LogP contribution in [-0.2, 0) is 22.7 Å². The molecule has 0 amide bonds. The minimum absolute atomic E-state index is 0.492. The van der Waals surface area contributed by atoms with Crippen LogP contribution in [0.15, 0.2) is 48.5 Å². The Morgan fingerprint density at radius 3 is 1.36 bits per heavy atom. The van der Waals surface area contributed by atoms with Crippen molar-refractivity contribution in [2.75, 3.05) is 14.2 Å². The number of rotatable bonds is 9. The van der Waals surface area contributed by atoms with E-state index in [1.165, 1.54) is 21.7 Å². The van der Waals surface area contributed by atoms with E-state index in [1.807, 2.05) is 0 Å². The molecule has 2 rings (SSSR count). The van der Waals surface area contributed by atoms with E-state index in [2.05, 4.69) is 87.8 Å². The van der Waals surface area contributed by atoms with Crippen LogP contribution in [0.5, 0.6) is 0 Å². The summed E-state index contributed by atoms with van der Waals surface area (Å²) in [6, 6.07) is 17.9. The fourth-order valence-electron chi connectivity index (χ4n) is 4.53. The lowest BCUT2D eigenvalue weighted by Crippen LogP contribution is -2.55. The van der Waals surface area contributed by atoms with Gasteiger partial charge in [-0.1, -0.05) is 87.8 Å². The Hall–Kier alpha value is -0.776. The quantitative estimate of drug-likeness (QED) is 0.383. The van der Waals surface area contributed by atoms with E-state index >= 15 is 0 Å². The second-order valence-electron chi connectivity index (χ2n) is 9.63. The highest BCUT2D eigenvalue weighted by molar-refractivity contribution is 7.78. The van der Waals surface area contributed by atoms with Crippen molar-refractivity contribution < 1.29 is 9.47 Å². The van der Waals surface area contributed by atoms with Gasteiger partial charge >= 0.3 is 0 Å². The van der Waals surface area contributed by atoms with E-state index in [1.54, 1.807) is 14.2 Å². The summed E-state index contributed by atoms with van der Waals surface area (Å²) >= 11 is 0. The molecule has 2 nitrogen and oxygen atoms in total. The summed E-state index contributed by atoms with van der Waals surface area (Å²) in [7, 11) is 0.237. The highest BCUT2D eigenvalue weighted by Crippen LogP contribution is 2.49. The van der Waals surface area contributed by atoms with Gasteiger partial charge in [-0.2, -0.15) is 0 Å². The van der Waals surface area contributed by atoms with E-state index in [4.69, 9.17) is 9.47 Å². The molecule has 0 heterocycles. The molecule has 0 spiro atoms. The molecule has 0 fully saturated rings. The van der Waals surface area contributed by atoms with Gasteiger partial charge < -0.3 is 9.47 Å². The molecule has 0 N–H and O–H groups in total. The van der Waals surface area contributed by atoms with Gasteiger partial charge in [0, 0.05) is 30.4 Å². The van der Waals surface area contributed by atoms with Gasteiger partial charge in [-0.3, -0.25) is 0 Å². The monoisotopic (exact) mass is 432 g/mol. The van der Waals surface area contributed by atoms with Crippen molar-refractivity contribution >= 4 is 34.7 Å². The molecule has 5 heteroatoms. The Bertz CT molecular complexity index is 702. The fourth-order valence-corrected chi connectivity index (χ4v) is 25.0. The molecular formula is C23H37O2PSi2. The zero-order valence-electron chi connectivity index (χ0n) is 18.9. The molecule has 0 saturated carbocycles. The molecule has 0 unspecified atom stereocenters. The molecule has 0 aliphatic heterocycles. The molecule has 0 atom stereocenters. The second-order valence-corrected chi connectivity index (χ2v) is 24.0. The lowest BCUT2D eigenvalue weighted by atomic mass is 10.2. The average Bonchev–Trinajstić information content (AvgIpc) is 2.59. The van der Waals surface area contributed by atoms with Gasteiger partial charge in [0.2, 0.25) is 0 Å². The Balaban J connectivity index is 2.80. The maximum absolute atomic E-state index is 5.59. The van der Waals surface area contributed by atoms with Crippen LogP contribution >= 0.6 is 7.92 Å². The molecule has 0 aliphatic carbocycles. The molecule has 2 aromatic carbocycles. The molecule has 154 valence electrons. The zero-order valence-corrected chi connectivity index (χ0v) is 21.8. The Morgan fingerprint density at radius 1 is 0.679 bits per heavy atom. The third kappa shape index (κ3) is 5.64. The van der Waals surface area contributed by atoms with Crippen molar-refractivity contribution in [1.82, 2.24) is 0 Å². The Morgan fingerprint density at radius 2 is 1.04 bits per heavy atom. The van der Waals surface area contributed by atoms with Crippen LogP contribution in [0.1, 0.15) is 11.1 Å². The smallest absolute Gasteiger partial charge is 0.0719 e. The highest BCUT2D eigenvalue weighted by Gasteiger charge is 2.44. The number of hydrogen-bond acceptors (Lipinski definition) is 2. The van der Waals surface area contributed by atoms with Crippen molar-refractivity contribution in [3.05, 3.63) is 59.7 Å². The number of benzene rings is 2. The number of methoxy groups -OCH3 is 2. The predicted molar refractivity (Wildman–Crippen MR) is 131 cm³/mol. The van der Waals surface area contributed by atoms with Gasteiger partial charge in [-0.15, -0.1) is 0 Å². The summed E-state index contributed by atoms with van der Waals surface area (Å²) in [5.41, 5.74) is 2.68. The van der Waals surface area contributed by atoms with Crippen molar-refractivity contribution in [3.63, 3.8) is 0 Å². The van der Waals surface area contributed by atoms with Crippen molar-refractivity contribution in [3.8, 4) is 0 Å². The summed E-state index contributed by atoms with van der Waals surface area (Å²) in [6.07, 6.45) is 0. The van der Waals surface area contributed by atoms with Crippen molar-refractivity contribution in [1.29, 1.82) is 0 Å². The zero-order chi connectivity index (χ0) is 20.9. The molecule has 0 radical (unpaired) electrons. The normalized spacial score (nSPS) is 12.8.